The van der Waals surface area contributed by atoms with Gasteiger partial charge in [0.15, 0.2) is 0 Å². The highest BCUT2D eigenvalue weighted by Gasteiger charge is 2.07. The topological polar surface area (TPSA) is 26.2 Å². The second-order valence-corrected chi connectivity index (χ2v) is 5.11. The number of fused-ring (bicyclic) bond motifs is 1. The van der Waals surface area contributed by atoms with Crippen molar-refractivity contribution in [2.45, 2.75) is 39.8 Å². The lowest BCUT2D eigenvalue weighted by Crippen LogP contribution is -2.20. The molecule has 19 heavy (non-hydrogen) atoms. The molecule has 0 fully saturated rings. The van der Waals surface area contributed by atoms with Crippen LogP contribution in [0.25, 0.3) is 10.9 Å². The van der Waals surface area contributed by atoms with Gasteiger partial charge in [0.1, 0.15) is 5.75 Å². The molecular weight excluding hydrogens is 236 g/mol. The third-order valence-electron chi connectivity index (χ3n) is 3.09. The van der Waals surface area contributed by atoms with E-state index in [4.69, 9.17) is 4.74 Å². The number of hydrogen-bond donors (Lipinski definition) is 1. The first kappa shape index (κ1) is 13.9. The van der Waals surface area contributed by atoms with E-state index in [-0.39, 0.29) is 6.10 Å². The maximum absolute atomic E-state index is 5.85. The predicted molar refractivity (Wildman–Crippen MR) is 80.9 cm³/mol. The van der Waals surface area contributed by atoms with Gasteiger partial charge in [0, 0.05) is 24.7 Å². The van der Waals surface area contributed by atoms with Gasteiger partial charge in [-0.25, -0.2) is 0 Å². The van der Waals surface area contributed by atoms with E-state index < -0.39 is 0 Å². The Bertz CT molecular complexity index is 516. The number of hydrogen-bond acceptors (Lipinski definition) is 2. The number of ether oxygens (including phenoxy) is 1. The maximum Gasteiger partial charge on any atom is 0.129 e. The summed E-state index contributed by atoms with van der Waals surface area (Å²) in [5.41, 5.74) is 1.25. The van der Waals surface area contributed by atoms with Crippen molar-refractivity contribution in [3.8, 4) is 5.75 Å². The van der Waals surface area contributed by atoms with Crippen LogP contribution in [0.2, 0.25) is 0 Å². The monoisotopic (exact) mass is 260 g/mol. The maximum atomic E-state index is 5.85. The van der Waals surface area contributed by atoms with Crippen molar-refractivity contribution in [3.05, 3.63) is 30.5 Å². The lowest BCUT2D eigenvalue weighted by atomic mass is 10.2. The molecule has 2 rings (SSSR count). The highest BCUT2D eigenvalue weighted by molar-refractivity contribution is 5.86. The molecule has 0 atom stereocenters. The Labute approximate surface area is 115 Å². The molecule has 1 N–H and O–H groups in total. The van der Waals surface area contributed by atoms with Crippen LogP contribution in [0.5, 0.6) is 5.75 Å². The van der Waals surface area contributed by atoms with E-state index in [1.54, 1.807) is 0 Å². The number of nitrogens with zero attached hydrogens (tertiary/aromatic N) is 1. The highest BCUT2D eigenvalue weighted by Crippen LogP contribution is 2.27. The van der Waals surface area contributed by atoms with Crippen LogP contribution in [0, 0.1) is 0 Å². The molecule has 1 aromatic carbocycles. The number of rotatable bonds is 7. The van der Waals surface area contributed by atoms with Crippen LogP contribution < -0.4 is 10.1 Å². The van der Waals surface area contributed by atoms with Gasteiger partial charge in [0.25, 0.3) is 0 Å². The minimum atomic E-state index is 0.208. The summed E-state index contributed by atoms with van der Waals surface area (Å²) in [5.74, 6) is 0.979. The lowest BCUT2D eigenvalue weighted by molar-refractivity contribution is 0.245. The van der Waals surface area contributed by atoms with Crippen molar-refractivity contribution in [2.24, 2.45) is 0 Å². The fourth-order valence-corrected chi connectivity index (χ4v) is 2.25. The Morgan fingerprint density at radius 1 is 1.21 bits per heavy atom. The molecule has 0 aliphatic heterocycles. The van der Waals surface area contributed by atoms with Gasteiger partial charge in [0.05, 0.1) is 11.6 Å². The Morgan fingerprint density at radius 3 is 2.79 bits per heavy atom. The zero-order valence-electron chi connectivity index (χ0n) is 12.1. The first-order chi connectivity index (χ1) is 9.22. The van der Waals surface area contributed by atoms with Crippen LogP contribution in [-0.4, -0.2) is 23.8 Å². The van der Waals surface area contributed by atoms with E-state index in [1.165, 1.54) is 17.3 Å². The smallest absolute Gasteiger partial charge is 0.129 e. The number of nitrogens with one attached hydrogen (secondary N) is 1. The van der Waals surface area contributed by atoms with E-state index in [1.807, 2.05) is 6.07 Å². The number of benzene rings is 1. The van der Waals surface area contributed by atoms with Crippen molar-refractivity contribution in [2.75, 3.05) is 13.1 Å². The van der Waals surface area contributed by atoms with Gasteiger partial charge in [-0.05, 0) is 45.0 Å². The third-order valence-corrected chi connectivity index (χ3v) is 3.09. The molecule has 0 amide bonds. The highest BCUT2D eigenvalue weighted by atomic mass is 16.5. The van der Waals surface area contributed by atoms with Crippen LogP contribution in [0.15, 0.2) is 30.5 Å². The van der Waals surface area contributed by atoms with Gasteiger partial charge >= 0.3 is 0 Å². The predicted octanol–water partition coefficient (Wildman–Crippen LogP) is 3.43. The molecule has 0 saturated carbocycles. The zero-order chi connectivity index (χ0) is 13.7. The average Bonchev–Trinajstić information content (AvgIpc) is 2.79. The SMILES string of the molecule is CCCNCCn1ccc2c(OC(C)C)cccc21. The molecule has 1 heterocycles. The fraction of sp³-hybridized carbons (Fsp3) is 0.500. The molecular formula is C16H24N2O. The zero-order valence-corrected chi connectivity index (χ0v) is 12.1. The van der Waals surface area contributed by atoms with Crippen molar-refractivity contribution >= 4 is 10.9 Å². The van der Waals surface area contributed by atoms with Crippen molar-refractivity contribution < 1.29 is 4.74 Å². The summed E-state index contributed by atoms with van der Waals surface area (Å²) in [6, 6.07) is 8.41. The van der Waals surface area contributed by atoms with E-state index in [9.17, 15) is 0 Å². The second kappa shape index (κ2) is 6.62. The van der Waals surface area contributed by atoms with E-state index >= 15 is 0 Å². The molecule has 0 aliphatic rings. The van der Waals surface area contributed by atoms with Gasteiger partial charge in [0.2, 0.25) is 0 Å². The summed E-state index contributed by atoms with van der Waals surface area (Å²) in [6.45, 7) is 9.39. The summed E-state index contributed by atoms with van der Waals surface area (Å²) in [6.07, 6.45) is 3.53. The van der Waals surface area contributed by atoms with Gasteiger partial charge in [-0.1, -0.05) is 13.0 Å². The quantitative estimate of drug-likeness (QED) is 0.772. The van der Waals surface area contributed by atoms with Crippen LogP contribution in [-0.2, 0) is 6.54 Å². The summed E-state index contributed by atoms with van der Waals surface area (Å²) in [7, 11) is 0. The molecule has 0 unspecified atom stereocenters. The second-order valence-electron chi connectivity index (χ2n) is 5.11. The van der Waals surface area contributed by atoms with E-state index in [2.05, 4.69) is 55.1 Å². The van der Waals surface area contributed by atoms with Gasteiger partial charge in [-0.3, -0.25) is 0 Å². The van der Waals surface area contributed by atoms with Gasteiger partial charge in [-0.15, -0.1) is 0 Å². The first-order valence-corrected chi connectivity index (χ1v) is 7.17. The molecule has 0 spiro atoms. The molecule has 3 heteroatoms. The molecule has 0 bridgehead atoms. The molecule has 0 saturated heterocycles. The van der Waals surface area contributed by atoms with Crippen LogP contribution in [0.4, 0.5) is 0 Å². The summed E-state index contributed by atoms with van der Waals surface area (Å²) >= 11 is 0. The van der Waals surface area contributed by atoms with Crippen molar-refractivity contribution in [1.82, 2.24) is 9.88 Å². The number of aromatic nitrogens is 1. The molecule has 1 aromatic heterocycles. The van der Waals surface area contributed by atoms with E-state index in [0.29, 0.717) is 0 Å². The normalized spacial score (nSPS) is 11.4. The van der Waals surface area contributed by atoms with Gasteiger partial charge < -0.3 is 14.6 Å². The molecule has 0 radical (unpaired) electrons. The molecule has 2 aromatic rings. The van der Waals surface area contributed by atoms with Gasteiger partial charge in [-0.2, -0.15) is 0 Å². The minimum Gasteiger partial charge on any atom is -0.490 e. The Balaban J connectivity index is 2.14. The Hall–Kier alpha value is -1.48. The Kier molecular flexibility index (Phi) is 4.86. The minimum absolute atomic E-state index is 0.208. The molecule has 0 aliphatic carbocycles. The molecule has 104 valence electrons. The summed E-state index contributed by atoms with van der Waals surface area (Å²) < 4.78 is 8.14. The van der Waals surface area contributed by atoms with E-state index in [0.717, 1.165) is 25.4 Å². The van der Waals surface area contributed by atoms with Crippen LogP contribution >= 0.6 is 0 Å². The van der Waals surface area contributed by atoms with Crippen LogP contribution in [0.3, 0.4) is 0 Å². The molecule has 3 nitrogen and oxygen atoms in total. The van der Waals surface area contributed by atoms with Crippen LogP contribution in [0.1, 0.15) is 27.2 Å². The van der Waals surface area contributed by atoms with Crippen molar-refractivity contribution in [1.29, 1.82) is 0 Å². The summed E-state index contributed by atoms with van der Waals surface area (Å²) in [4.78, 5) is 0. The summed E-state index contributed by atoms with van der Waals surface area (Å²) in [5, 5.41) is 4.63. The average molecular weight is 260 g/mol. The first-order valence-electron chi connectivity index (χ1n) is 7.17. The fourth-order valence-electron chi connectivity index (χ4n) is 2.25. The largest absolute Gasteiger partial charge is 0.490 e. The van der Waals surface area contributed by atoms with Crippen molar-refractivity contribution in [3.63, 3.8) is 0 Å². The lowest BCUT2D eigenvalue weighted by Gasteiger charge is -2.11. The standard InChI is InChI=1S/C16H24N2O/c1-4-9-17-10-12-18-11-8-14-15(18)6-5-7-16(14)19-13(2)3/h5-8,11,13,17H,4,9-10,12H2,1-3H3. The third kappa shape index (κ3) is 3.51. The Morgan fingerprint density at radius 2 is 2.05 bits per heavy atom.